The molecule has 0 atom stereocenters. The molecule has 0 saturated heterocycles. The van der Waals surface area contributed by atoms with Crippen molar-refractivity contribution in [3.63, 3.8) is 0 Å². The smallest absolute Gasteiger partial charge is 0.0704 e. The van der Waals surface area contributed by atoms with Crippen LogP contribution in [0.4, 0.5) is 0 Å². The molecule has 1 heterocycles. The molecule has 0 N–H and O–H groups in total. The first-order chi connectivity index (χ1) is 8.93. The standard InChI is InChI=1S/C17H13N/c1-2-11-18-16(6-1)14-9-7-12-4-3-5-13-8-10-15(14)17(12)13/h1-7,9,11H,8,10H2. The molecule has 0 bridgehead atoms. The normalized spacial score (nSPS) is 13.1. The number of hydrogen-bond donors (Lipinski definition) is 0. The average molecular weight is 231 g/mol. The maximum atomic E-state index is 4.49. The first-order valence-corrected chi connectivity index (χ1v) is 6.38. The van der Waals surface area contributed by atoms with Crippen LogP contribution in [0.15, 0.2) is 54.7 Å². The van der Waals surface area contributed by atoms with Crippen molar-refractivity contribution in [2.45, 2.75) is 12.8 Å². The molecule has 1 nitrogen and oxygen atoms in total. The van der Waals surface area contributed by atoms with Gasteiger partial charge in [-0.1, -0.05) is 36.4 Å². The molecule has 0 amide bonds. The van der Waals surface area contributed by atoms with Gasteiger partial charge in [0.15, 0.2) is 0 Å². The summed E-state index contributed by atoms with van der Waals surface area (Å²) < 4.78 is 0. The van der Waals surface area contributed by atoms with Crippen molar-refractivity contribution in [1.82, 2.24) is 4.98 Å². The van der Waals surface area contributed by atoms with Gasteiger partial charge in [-0.15, -0.1) is 0 Å². The van der Waals surface area contributed by atoms with E-state index in [1.165, 1.54) is 27.5 Å². The van der Waals surface area contributed by atoms with Crippen molar-refractivity contribution in [2.75, 3.05) is 0 Å². The van der Waals surface area contributed by atoms with Gasteiger partial charge in [0.1, 0.15) is 0 Å². The summed E-state index contributed by atoms with van der Waals surface area (Å²) in [5.74, 6) is 0. The lowest BCUT2D eigenvalue weighted by Gasteiger charge is -2.08. The summed E-state index contributed by atoms with van der Waals surface area (Å²) in [7, 11) is 0. The van der Waals surface area contributed by atoms with E-state index < -0.39 is 0 Å². The molecule has 1 aliphatic rings. The molecular formula is C17H13N. The first kappa shape index (κ1) is 9.84. The van der Waals surface area contributed by atoms with Gasteiger partial charge in [-0.25, -0.2) is 0 Å². The van der Waals surface area contributed by atoms with E-state index in [2.05, 4.69) is 47.4 Å². The molecule has 18 heavy (non-hydrogen) atoms. The number of aryl methyl sites for hydroxylation is 2. The van der Waals surface area contributed by atoms with Gasteiger partial charge in [-0.2, -0.15) is 0 Å². The van der Waals surface area contributed by atoms with E-state index in [9.17, 15) is 0 Å². The Kier molecular flexibility index (Phi) is 2.01. The third-order valence-electron chi connectivity index (χ3n) is 3.82. The summed E-state index contributed by atoms with van der Waals surface area (Å²) >= 11 is 0. The topological polar surface area (TPSA) is 12.9 Å². The van der Waals surface area contributed by atoms with Crippen LogP contribution in [-0.2, 0) is 12.8 Å². The third kappa shape index (κ3) is 1.31. The molecule has 0 unspecified atom stereocenters. The Morgan fingerprint density at radius 2 is 1.83 bits per heavy atom. The third-order valence-corrected chi connectivity index (χ3v) is 3.82. The first-order valence-electron chi connectivity index (χ1n) is 6.38. The molecular weight excluding hydrogens is 218 g/mol. The van der Waals surface area contributed by atoms with Gasteiger partial charge in [0.25, 0.3) is 0 Å². The minimum absolute atomic E-state index is 1.09. The predicted molar refractivity (Wildman–Crippen MR) is 74.6 cm³/mol. The minimum Gasteiger partial charge on any atom is -0.256 e. The van der Waals surface area contributed by atoms with Gasteiger partial charge in [0.05, 0.1) is 5.69 Å². The Bertz CT molecular complexity index is 729. The van der Waals surface area contributed by atoms with Crippen LogP contribution in [0.3, 0.4) is 0 Å². The van der Waals surface area contributed by atoms with Crippen molar-refractivity contribution < 1.29 is 0 Å². The Morgan fingerprint density at radius 1 is 0.833 bits per heavy atom. The zero-order chi connectivity index (χ0) is 11.9. The Balaban J connectivity index is 2.07. The summed E-state index contributed by atoms with van der Waals surface area (Å²) in [6, 6.07) is 17.2. The van der Waals surface area contributed by atoms with Crippen molar-refractivity contribution in [1.29, 1.82) is 0 Å². The maximum Gasteiger partial charge on any atom is 0.0704 e. The van der Waals surface area contributed by atoms with Crippen LogP contribution >= 0.6 is 0 Å². The highest BCUT2D eigenvalue weighted by molar-refractivity contribution is 5.95. The summed E-state index contributed by atoms with van der Waals surface area (Å²) in [6.45, 7) is 0. The highest BCUT2D eigenvalue weighted by Gasteiger charge is 2.18. The van der Waals surface area contributed by atoms with E-state index in [0.717, 1.165) is 18.5 Å². The van der Waals surface area contributed by atoms with Gasteiger partial charge in [-0.3, -0.25) is 4.98 Å². The van der Waals surface area contributed by atoms with E-state index in [0.29, 0.717) is 0 Å². The number of aromatic nitrogens is 1. The fourth-order valence-electron chi connectivity index (χ4n) is 3.03. The molecule has 0 aliphatic heterocycles. The van der Waals surface area contributed by atoms with Crippen LogP contribution in [0.1, 0.15) is 11.1 Å². The van der Waals surface area contributed by atoms with E-state index in [1.54, 1.807) is 0 Å². The van der Waals surface area contributed by atoms with Gasteiger partial charge in [0, 0.05) is 11.8 Å². The van der Waals surface area contributed by atoms with Crippen molar-refractivity contribution >= 4 is 10.8 Å². The van der Waals surface area contributed by atoms with Crippen LogP contribution in [0.5, 0.6) is 0 Å². The zero-order valence-corrected chi connectivity index (χ0v) is 10.1. The number of rotatable bonds is 1. The Hall–Kier alpha value is -2.15. The van der Waals surface area contributed by atoms with Crippen LogP contribution in [0.2, 0.25) is 0 Å². The number of nitrogens with zero attached hydrogens (tertiary/aromatic N) is 1. The number of hydrogen-bond acceptors (Lipinski definition) is 1. The molecule has 3 aromatic rings. The molecule has 4 rings (SSSR count). The summed E-state index contributed by atoms with van der Waals surface area (Å²) in [4.78, 5) is 4.49. The monoisotopic (exact) mass is 231 g/mol. The van der Waals surface area contributed by atoms with Gasteiger partial charge < -0.3 is 0 Å². The lowest BCUT2D eigenvalue weighted by Crippen LogP contribution is -1.89. The van der Waals surface area contributed by atoms with Crippen molar-refractivity contribution in [3.8, 4) is 11.3 Å². The SMILES string of the molecule is c1ccc(-c2ccc3cccc4c3c2CC4)nc1. The molecule has 0 saturated carbocycles. The molecule has 86 valence electrons. The fraction of sp³-hybridized carbons (Fsp3) is 0.118. The van der Waals surface area contributed by atoms with Crippen LogP contribution < -0.4 is 0 Å². The maximum absolute atomic E-state index is 4.49. The van der Waals surface area contributed by atoms with Crippen LogP contribution in [-0.4, -0.2) is 4.98 Å². The van der Waals surface area contributed by atoms with E-state index in [1.807, 2.05) is 12.3 Å². The van der Waals surface area contributed by atoms with Gasteiger partial charge >= 0.3 is 0 Å². The van der Waals surface area contributed by atoms with E-state index in [-0.39, 0.29) is 0 Å². The van der Waals surface area contributed by atoms with Gasteiger partial charge in [0.2, 0.25) is 0 Å². The lowest BCUT2D eigenvalue weighted by atomic mass is 9.98. The highest BCUT2D eigenvalue weighted by Crippen LogP contribution is 2.36. The summed E-state index contributed by atoms with van der Waals surface area (Å²) in [6.07, 6.45) is 4.17. The molecule has 1 heteroatoms. The second-order valence-electron chi connectivity index (χ2n) is 4.82. The summed E-state index contributed by atoms with van der Waals surface area (Å²) in [5.41, 5.74) is 5.35. The number of benzene rings is 2. The second kappa shape index (κ2) is 3.67. The summed E-state index contributed by atoms with van der Waals surface area (Å²) in [5, 5.41) is 2.82. The van der Waals surface area contributed by atoms with E-state index in [4.69, 9.17) is 0 Å². The predicted octanol–water partition coefficient (Wildman–Crippen LogP) is 4.00. The fourth-order valence-corrected chi connectivity index (χ4v) is 3.03. The van der Waals surface area contributed by atoms with Crippen molar-refractivity contribution in [2.24, 2.45) is 0 Å². The molecule has 1 aromatic heterocycles. The minimum atomic E-state index is 1.09. The van der Waals surface area contributed by atoms with Crippen LogP contribution in [0, 0.1) is 0 Å². The number of pyridine rings is 1. The van der Waals surface area contributed by atoms with E-state index >= 15 is 0 Å². The quantitative estimate of drug-likeness (QED) is 0.617. The molecule has 0 fully saturated rings. The lowest BCUT2D eigenvalue weighted by molar-refractivity contribution is 1.02. The highest BCUT2D eigenvalue weighted by atomic mass is 14.7. The molecule has 0 radical (unpaired) electrons. The molecule has 2 aromatic carbocycles. The molecule has 0 spiro atoms. The van der Waals surface area contributed by atoms with Gasteiger partial charge in [-0.05, 0) is 46.9 Å². The average Bonchev–Trinajstić information content (AvgIpc) is 2.87. The Labute approximate surface area is 106 Å². The Morgan fingerprint density at radius 3 is 2.72 bits per heavy atom. The van der Waals surface area contributed by atoms with Crippen molar-refractivity contribution in [3.05, 3.63) is 65.9 Å². The second-order valence-corrected chi connectivity index (χ2v) is 4.82. The molecule has 1 aliphatic carbocycles. The zero-order valence-electron chi connectivity index (χ0n) is 10.1. The largest absolute Gasteiger partial charge is 0.256 e. The van der Waals surface area contributed by atoms with Crippen LogP contribution in [0.25, 0.3) is 22.0 Å².